The monoisotopic (exact) mass is 480 g/mol. The normalized spacial score (nSPS) is 11.5. The largest absolute Gasteiger partial charge is 0.483 e. The van der Waals surface area contributed by atoms with Gasteiger partial charge in [0.15, 0.2) is 6.61 Å². The van der Waals surface area contributed by atoms with E-state index in [2.05, 4.69) is 33.5 Å². The highest BCUT2D eigenvalue weighted by atomic mass is 79.9. The lowest BCUT2D eigenvalue weighted by atomic mass is 10.1. The molecule has 1 atom stereocenters. The Balaban J connectivity index is 1.51. The van der Waals surface area contributed by atoms with Gasteiger partial charge in [-0.3, -0.25) is 9.59 Å². The lowest BCUT2D eigenvalue weighted by Crippen LogP contribution is -2.26. The van der Waals surface area contributed by atoms with Gasteiger partial charge < -0.3 is 15.4 Å². The first-order valence-electron chi connectivity index (χ1n) is 10.1. The Hall–Kier alpha value is -3.12. The first-order valence-corrected chi connectivity index (χ1v) is 10.9. The molecule has 0 bridgehead atoms. The van der Waals surface area contributed by atoms with E-state index in [9.17, 15) is 9.59 Å². The highest BCUT2D eigenvalue weighted by Gasteiger charge is 2.12. The summed E-state index contributed by atoms with van der Waals surface area (Å²) in [5.74, 6) is 0.172. The molecule has 2 amide bonds. The van der Waals surface area contributed by atoms with E-state index >= 15 is 0 Å². The number of amides is 2. The fraction of sp³-hybridized carbons (Fsp3) is 0.200. The number of hydrogen-bond donors (Lipinski definition) is 2. The Morgan fingerprint density at radius 1 is 1.00 bits per heavy atom. The third kappa shape index (κ3) is 6.43. The van der Waals surface area contributed by atoms with Crippen LogP contribution in [0.1, 0.15) is 41.4 Å². The van der Waals surface area contributed by atoms with Crippen LogP contribution in [0.3, 0.4) is 0 Å². The van der Waals surface area contributed by atoms with Gasteiger partial charge in [-0.2, -0.15) is 0 Å². The van der Waals surface area contributed by atoms with Gasteiger partial charge in [-0.15, -0.1) is 0 Å². The minimum Gasteiger partial charge on any atom is -0.483 e. The number of anilines is 1. The zero-order valence-corrected chi connectivity index (χ0v) is 19.1. The van der Waals surface area contributed by atoms with Crippen LogP contribution in [-0.4, -0.2) is 18.4 Å². The molecular weight excluding hydrogens is 456 g/mol. The smallest absolute Gasteiger partial charge is 0.262 e. The van der Waals surface area contributed by atoms with Crippen molar-refractivity contribution in [3.8, 4) is 5.75 Å². The van der Waals surface area contributed by atoms with Gasteiger partial charge in [0.25, 0.3) is 11.8 Å². The number of hydrogen-bond acceptors (Lipinski definition) is 3. The van der Waals surface area contributed by atoms with Crippen LogP contribution >= 0.6 is 15.9 Å². The third-order valence-electron chi connectivity index (χ3n) is 4.84. The van der Waals surface area contributed by atoms with E-state index in [0.29, 0.717) is 17.0 Å². The van der Waals surface area contributed by atoms with Crippen LogP contribution in [0.2, 0.25) is 0 Å². The van der Waals surface area contributed by atoms with Gasteiger partial charge in [-0.05, 0) is 76.8 Å². The first-order chi connectivity index (χ1) is 15.0. The predicted molar refractivity (Wildman–Crippen MR) is 126 cm³/mol. The quantitative estimate of drug-likeness (QED) is 0.445. The minimum atomic E-state index is -0.277. The van der Waals surface area contributed by atoms with Gasteiger partial charge in [0, 0.05) is 11.3 Å². The molecule has 0 aromatic heterocycles. The molecule has 31 heavy (non-hydrogen) atoms. The second kappa shape index (κ2) is 10.8. The van der Waals surface area contributed by atoms with Crippen molar-refractivity contribution < 1.29 is 14.3 Å². The molecule has 0 aliphatic heterocycles. The number of nitrogens with one attached hydrogen (secondary N) is 2. The maximum atomic E-state index is 12.5. The van der Waals surface area contributed by atoms with Crippen LogP contribution in [-0.2, 0) is 11.2 Å². The Bertz CT molecular complexity index is 1040. The van der Waals surface area contributed by atoms with Crippen molar-refractivity contribution in [1.29, 1.82) is 0 Å². The molecule has 0 aliphatic rings. The fourth-order valence-corrected chi connectivity index (χ4v) is 3.57. The predicted octanol–water partition coefficient (Wildman–Crippen LogP) is 5.52. The van der Waals surface area contributed by atoms with Crippen molar-refractivity contribution in [1.82, 2.24) is 5.32 Å². The van der Waals surface area contributed by atoms with Crippen molar-refractivity contribution in [3.05, 3.63) is 94.0 Å². The summed E-state index contributed by atoms with van der Waals surface area (Å²) in [6, 6.07) is 22.2. The number of carbonyl (C=O) groups is 2. The summed E-state index contributed by atoms with van der Waals surface area (Å²) in [7, 11) is 0. The Morgan fingerprint density at radius 3 is 2.35 bits per heavy atom. The summed E-state index contributed by atoms with van der Waals surface area (Å²) in [6.45, 7) is 3.91. The fourth-order valence-electron chi connectivity index (χ4n) is 3.03. The molecule has 0 aliphatic carbocycles. The number of rotatable bonds is 8. The molecule has 3 rings (SSSR count). The van der Waals surface area contributed by atoms with Crippen LogP contribution in [0.4, 0.5) is 5.69 Å². The Kier molecular flexibility index (Phi) is 7.84. The van der Waals surface area contributed by atoms with Gasteiger partial charge in [0.1, 0.15) is 5.75 Å². The molecule has 160 valence electrons. The molecule has 0 saturated heterocycles. The number of carbonyl (C=O) groups excluding carboxylic acids is 2. The maximum absolute atomic E-state index is 12.5. The number of halogens is 1. The standard InChI is InChI=1S/C25H25BrN2O3/c1-3-18-9-14-23(22(26)15-18)31-16-24(29)28-21-12-10-20(11-13-21)25(30)27-17(2)19-7-5-4-6-8-19/h4-15,17H,3,16H2,1-2H3,(H,27,30)(H,28,29). The van der Waals surface area contributed by atoms with E-state index in [4.69, 9.17) is 4.74 Å². The van der Waals surface area contributed by atoms with Gasteiger partial charge in [-0.25, -0.2) is 0 Å². The Labute approximate surface area is 191 Å². The minimum absolute atomic E-state index is 0.101. The summed E-state index contributed by atoms with van der Waals surface area (Å²) < 4.78 is 6.41. The first kappa shape index (κ1) is 22.6. The average molecular weight is 481 g/mol. The molecule has 0 saturated carbocycles. The zero-order chi connectivity index (χ0) is 22.2. The highest BCUT2D eigenvalue weighted by Crippen LogP contribution is 2.26. The summed E-state index contributed by atoms with van der Waals surface area (Å²) in [5.41, 5.74) is 3.35. The molecule has 1 unspecified atom stereocenters. The van der Waals surface area contributed by atoms with E-state index in [1.165, 1.54) is 5.56 Å². The van der Waals surface area contributed by atoms with E-state index < -0.39 is 0 Å². The van der Waals surface area contributed by atoms with Gasteiger partial charge in [-0.1, -0.05) is 43.3 Å². The van der Waals surface area contributed by atoms with Gasteiger partial charge in [0.05, 0.1) is 10.5 Å². The van der Waals surface area contributed by atoms with Crippen LogP contribution < -0.4 is 15.4 Å². The summed E-state index contributed by atoms with van der Waals surface area (Å²) in [5, 5.41) is 5.75. The summed E-state index contributed by atoms with van der Waals surface area (Å²) in [4.78, 5) is 24.7. The molecule has 3 aromatic rings. The molecular formula is C25H25BrN2O3. The SMILES string of the molecule is CCc1ccc(OCC(=O)Nc2ccc(C(=O)NC(C)c3ccccc3)cc2)c(Br)c1. The van der Waals surface area contributed by atoms with Crippen molar-refractivity contribution >= 4 is 33.4 Å². The average Bonchev–Trinajstić information content (AvgIpc) is 2.79. The molecule has 0 radical (unpaired) electrons. The molecule has 0 heterocycles. The second-order valence-electron chi connectivity index (χ2n) is 7.14. The number of aryl methyl sites for hydroxylation is 1. The molecule has 6 heteroatoms. The molecule has 5 nitrogen and oxygen atoms in total. The summed E-state index contributed by atoms with van der Waals surface area (Å²) in [6.07, 6.45) is 0.929. The van der Waals surface area contributed by atoms with Crippen molar-refractivity contribution in [2.45, 2.75) is 26.3 Å². The van der Waals surface area contributed by atoms with Crippen molar-refractivity contribution in [2.24, 2.45) is 0 Å². The number of benzene rings is 3. The van der Waals surface area contributed by atoms with Gasteiger partial charge >= 0.3 is 0 Å². The molecule has 2 N–H and O–H groups in total. The van der Waals surface area contributed by atoms with Crippen molar-refractivity contribution in [2.75, 3.05) is 11.9 Å². The van der Waals surface area contributed by atoms with Crippen LogP contribution in [0.5, 0.6) is 5.75 Å². The molecule has 0 spiro atoms. The van der Waals surface area contributed by atoms with Crippen LogP contribution in [0.15, 0.2) is 77.3 Å². The molecule has 3 aromatic carbocycles. The molecule has 0 fully saturated rings. The second-order valence-corrected chi connectivity index (χ2v) is 7.99. The summed E-state index contributed by atoms with van der Waals surface area (Å²) >= 11 is 3.46. The highest BCUT2D eigenvalue weighted by molar-refractivity contribution is 9.10. The van der Waals surface area contributed by atoms with E-state index in [-0.39, 0.29) is 24.5 Å². The van der Waals surface area contributed by atoms with E-state index in [1.54, 1.807) is 24.3 Å². The van der Waals surface area contributed by atoms with Gasteiger partial charge in [0.2, 0.25) is 0 Å². The zero-order valence-electron chi connectivity index (χ0n) is 17.5. The van der Waals surface area contributed by atoms with Crippen molar-refractivity contribution in [3.63, 3.8) is 0 Å². The van der Waals surface area contributed by atoms with E-state index in [0.717, 1.165) is 16.5 Å². The lowest BCUT2D eigenvalue weighted by molar-refractivity contribution is -0.118. The van der Waals surface area contributed by atoms with Crippen LogP contribution in [0.25, 0.3) is 0 Å². The Morgan fingerprint density at radius 2 is 1.71 bits per heavy atom. The van der Waals surface area contributed by atoms with E-state index in [1.807, 2.05) is 55.5 Å². The third-order valence-corrected chi connectivity index (χ3v) is 5.46. The van der Waals surface area contributed by atoms with Crippen LogP contribution in [0, 0.1) is 0 Å². The topological polar surface area (TPSA) is 67.4 Å². The maximum Gasteiger partial charge on any atom is 0.262 e. The number of ether oxygens (including phenoxy) is 1. The lowest BCUT2D eigenvalue weighted by Gasteiger charge is -2.14.